The Labute approximate surface area is 136 Å². The van der Waals surface area contributed by atoms with Crippen LogP contribution in [0.25, 0.3) is 33.4 Å². The molecule has 0 saturated carbocycles. The molecule has 0 spiro atoms. The second-order valence-electron chi connectivity index (χ2n) is 5.51. The van der Waals surface area contributed by atoms with E-state index in [1.165, 1.54) is 12.4 Å². The second kappa shape index (κ2) is 5.09. The number of hydrogen-bond acceptors (Lipinski definition) is 4. The Hall–Kier alpha value is -3.35. The van der Waals surface area contributed by atoms with Crippen molar-refractivity contribution in [1.82, 2.24) is 24.3 Å². The number of halogens is 1. The van der Waals surface area contributed by atoms with Crippen LogP contribution in [0.1, 0.15) is 11.4 Å². The van der Waals surface area contributed by atoms with Crippen LogP contribution in [0.2, 0.25) is 0 Å². The molecular weight excluding hydrogens is 307 g/mol. The third-order valence-corrected chi connectivity index (χ3v) is 3.89. The van der Waals surface area contributed by atoms with Gasteiger partial charge in [0.2, 0.25) is 0 Å². The van der Waals surface area contributed by atoms with Crippen molar-refractivity contribution in [2.75, 3.05) is 0 Å². The maximum Gasteiger partial charge on any atom is 0.173 e. The van der Waals surface area contributed by atoms with E-state index in [1.54, 1.807) is 16.8 Å². The molecule has 0 amide bonds. The third kappa shape index (κ3) is 2.02. The summed E-state index contributed by atoms with van der Waals surface area (Å²) in [7, 11) is 0. The van der Waals surface area contributed by atoms with Gasteiger partial charge in [0.25, 0.3) is 0 Å². The highest BCUT2D eigenvalue weighted by Crippen LogP contribution is 2.32. The van der Waals surface area contributed by atoms with E-state index in [9.17, 15) is 4.39 Å². The lowest BCUT2D eigenvalue weighted by Gasteiger charge is -2.06. The summed E-state index contributed by atoms with van der Waals surface area (Å²) in [5.41, 5.74) is 4.06. The van der Waals surface area contributed by atoms with Crippen LogP contribution in [-0.2, 0) is 0 Å². The maximum atomic E-state index is 14.4. The van der Waals surface area contributed by atoms with Gasteiger partial charge in [-0.05, 0) is 13.0 Å². The fraction of sp³-hybridized carbons (Fsp3) is 0.0588. The number of aromatic nitrogens is 5. The van der Waals surface area contributed by atoms with Gasteiger partial charge in [-0.25, -0.2) is 19.3 Å². The average Bonchev–Trinajstić information content (AvgIpc) is 3.16. The highest BCUT2D eigenvalue weighted by atomic mass is 19.1. The zero-order valence-corrected chi connectivity index (χ0v) is 12.8. The second-order valence-corrected chi connectivity index (χ2v) is 5.51. The minimum absolute atomic E-state index is 0.288. The molecule has 0 aliphatic heterocycles. The Morgan fingerprint density at radius 1 is 1.38 bits per heavy atom. The topological polar surface area (TPSA) is 82.7 Å². The molecule has 0 unspecified atom stereocenters. The number of allylic oxidation sites excluding steroid dienone is 1. The molecule has 0 aromatic carbocycles. The van der Waals surface area contributed by atoms with Crippen LogP contribution >= 0.6 is 0 Å². The largest absolute Gasteiger partial charge is 0.345 e. The number of imidazole rings is 1. The van der Waals surface area contributed by atoms with E-state index < -0.39 is 5.82 Å². The van der Waals surface area contributed by atoms with Gasteiger partial charge in [-0.2, -0.15) is 0 Å². The Morgan fingerprint density at radius 2 is 2.21 bits per heavy atom. The molecule has 0 atom stereocenters. The molecule has 0 saturated heterocycles. The third-order valence-electron chi connectivity index (χ3n) is 3.89. The van der Waals surface area contributed by atoms with Crippen LogP contribution in [0.5, 0.6) is 0 Å². The lowest BCUT2D eigenvalue weighted by molar-refractivity contribution is 0.630. The molecule has 24 heavy (non-hydrogen) atoms. The van der Waals surface area contributed by atoms with Crippen molar-refractivity contribution in [2.45, 2.75) is 6.92 Å². The number of fused-ring (bicyclic) bond motifs is 2. The fourth-order valence-corrected chi connectivity index (χ4v) is 2.83. The van der Waals surface area contributed by atoms with E-state index >= 15 is 0 Å². The zero-order chi connectivity index (χ0) is 16.8. The molecule has 4 aromatic rings. The summed E-state index contributed by atoms with van der Waals surface area (Å²) in [6.45, 7) is 5.66. The van der Waals surface area contributed by atoms with E-state index in [4.69, 9.17) is 5.41 Å². The van der Waals surface area contributed by atoms with Crippen molar-refractivity contribution in [3.63, 3.8) is 0 Å². The number of nitrogens with zero attached hydrogens (tertiary/aromatic N) is 4. The Bertz CT molecular complexity index is 1120. The quantitative estimate of drug-likeness (QED) is 0.568. The first-order valence-corrected chi connectivity index (χ1v) is 7.25. The van der Waals surface area contributed by atoms with Gasteiger partial charge in [-0.1, -0.05) is 6.58 Å². The normalized spacial score (nSPS) is 11.2. The molecule has 0 fully saturated rings. The van der Waals surface area contributed by atoms with E-state index in [1.807, 2.05) is 13.1 Å². The lowest BCUT2D eigenvalue weighted by Crippen LogP contribution is -1.94. The molecule has 118 valence electrons. The van der Waals surface area contributed by atoms with Crippen molar-refractivity contribution < 1.29 is 4.39 Å². The summed E-state index contributed by atoms with van der Waals surface area (Å²) in [5.74, 6) is -0.403. The van der Waals surface area contributed by atoms with Gasteiger partial charge in [0.15, 0.2) is 11.5 Å². The van der Waals surface area contributed by atoms with Crippen LogP contribution in [0.4, 0.5) is 4.39 Å². The zero-order valence-electron chi connectivity index (χ0n) is 12.8. The highest BCUT2D eigenvalue weighted by Gasteiger charge is 2.16. The van der Waals surface area contributed by atoms with Gasteiger partial charge in [-0.3, -0.25) is 0 Å². The molecule has 4 rings (SSSR count). The first-order chi connectivity index (χ1) is 11.6. The fourth-order valence-electron chi connectivity index (χ4n) is 2.83. The van der Waals surface area contributed by atoms with E-state index in [0.717, 1.165) is 17.5 Å². The minimum atomic E-state index is -0.403. The van der Waals surface area contributed by atoms with Crippen LogP contribution < -0.4 is 0 Å². The Balaban J connectivity index is 2.03. The number of pyridine rings is 1. The standard InChI is InChI=1S/C17H13FN6/c1-9(4-19)15-14-12(5-20-16(14)22-8-21-15)11-3-13(18)17-23-10(2)6-24(17)7-11/h3-8,19H,1H2,2H3,(H,20,21,22). The number of rotatable bonds is 3. The Kier molecular flexibility index (Phi) is 3.02. The predicted octanol–water partition coefficient (Wildman–Crippen LogP) is 3.38. The van der Waals surface area contributed by atoms with E-state index in [0.29, 0.717) is 27.9 Å². The van der Waals surface area contributed by atoms with Crippen LogP contribution in [0.3, 0.4) is 0 Å². The number of aromatic amines is 1. The molecular formula is C17H13FN6. The first kappa shape index (κ1) is 14.3. The summed E-state index contributed by atoms with van der Waals surface area (Å²) >= 11 is 0. The van der Waals surface area contributed by atoms with Crippen molar-refractivity contribution in [2.24, 2.45) is 0 Å². The van der Waals surface area contributed by atoms with Crippen molar-refractivity contribution in [1.29, 1.82) is 5.41 Å². The number of hydrogen-bond donors (Lipinski definition) is 2. The summed E-state index contributed by atoms with van der Waals surface area (Å²) in [6, 6.07) is 1.44. The van der Waals surface area contributed by atoms with Crippen molar-refractivity contribution in [3.8, 4) is 11.1 Å². The summed E-state index contributed by atoms with van der Waals surface area (Å²) in [6.07, 6.45) is 7.89. The summed E-state index contributed by atoms with van der Waals surface area (Å²) in [4.78, 5) is 15.7. The number of aryl methyl sites for hydroxylation is 1. The highest BCUT2D eigenvalue weighted by molar-refractivity contribution is 6.13. The van der Waals surface area contributed by atoms with E-state index in [2.05, 4.69) is 26.5 Å². The molecule has 0 aliphatic rings. The first-order valence-electron chi connectivity index (χ1n) is 7.25. The molecule has 6 nitrogen and oxygen atoms in total. The molecule has 0 aliphatic carbocycles. The molecule has 4 aromatic heterocycles. The average molecular weight is 320 g/mol. The predicted molar refractivity (Wildman–Crippen MR) is 90.6 cm³/mol. The molecule has 2 N–H and O–H groups in total. The molecule has 0 bridgehead atoms. The van der Waals surface area contributed by atoms with Gasteiger partial charge in [0.1, 0.15) is 12.0 Å². The minimum Gasteiger partial charge on any atom is -0.345 e. The smallest absolute Gasteiger partial charge is 0.173 e. The number of H-pyrrole nitrogens is 1. The van der Waals surface area contributed by atoms with Crippen LogP contribution in [0.15, 0.2) is 37.6 Å². The SMILES string of the molecule is C=C(C=N)c1ncnc2[nH]cc(-c3cc(F)c4nc(C)cn4c3)c12. The lowest BCUT2D eigenvalue weighted by atomic mass is 10.0. The van der Waals surface area contributed by atoms with Gasteiger partial charge in [0.05, 0.1) is 16.8 Å². The Morgan fingerprint density at radius 3 is 3.00 bits per heavy atom. The van der Waals surface area contributed by atoms with Gasteiger partial charge < -0.3 is 14.8 Å². The summed E-state index contributed by atoms with van der Waals surface area (Å²) < 4.78 is 16.1. The molecule has 0 radical (unpaired) electrons. The van der Waals surface area contributed by atoms with Gasteiger partial charge >= 0.3 is 0 Å². The van der Waals surface area contributed by atoms with Gasteiger partial charge in [0, 0.05) is 41.5 Å². The van der Waals surface area contributed by atoms with Crippen LogP contribution in [-0.4, -0.2) is 30.6 Å². The summed E-state index contributed by atoms with van der Waals surface area (Å²) in [5, 5.41) is 8.14. The van der Waals surface area contributed by atoms with Gasteiger partial charge in [-0.15, -0.1) is 0 Å². The molecule has 7 heteroatoms. The molecule has 4 heterocycles. The monoisotopic (exact) mass is 320 g/mol. The maximum absolute atomic E-state index is 14.4. The van der Waals surface area contributed by atoms with Crippen LogP contribution in [0, 0.1) is 18.2 Å². The van der Waals surface area contributed by atoms with Crippen molar-refractivity contribution in [3.05, 3.63) is 54.8 Å². The van der Waals surface area contributed by atoms with E-state index in [-0.39, 0.29) is 5.65 Å². The van der Waals surface area contributed by atoms with Crippen molar-refractivity contribution >= 4 is 28.5 Å². The number of nitrogens with one attached hydrogen (secondary N) is 2.